The number of carbonyl (C=O) groups is 2. The standard InChI is InChI=1S/C25H22N2O3/c1-30-25(21-15-9-4-10-16-21)24(29)27(18-20-13-7-3-8-14-20)22(23(28)26-25)17-19-11-5-2-6-12-19/h2-17H,18H2,1H3,(H,26,28)/b22-17+. The van der Waals surface area contributed by atoms with Crippen LogP contribution in [-0.2, 0) is 26.6 Å². The monoisotopic (exact) mass is 398 g/mol. The summed E-state index contributed by atoms with van der Waals surface area (Å²) in [5.41, 5.74) is 1.01. The van der Waals surface area contributed by atoms with E-state index in [4.69, 9.17) is 4.74 Å². The van der Waals surface area contributed by atoms with Gasteiger partial charge < -0.3 is 10.1 Å². The number of amides is 2. The predicted octanol–water partition coefficient (Wildman–Crippen LogP) is 3.69. The number of hydrogen-bond donors (Lipinski definition) is 1. The molecule has 3 aromatic carbocycles. The second-order valence-electron chi connectivity index (χ2n) is 7.02. The summed E-state index contributed by atoms with van der Waals surface area (Å²) < 4.78 is 5.66. The molecule has 1 saturated heterocycles. The highest BCUT2D eigenvalue weighted by Gasteiger charge is 2.51. The molecule has 2 amide bonds. The van der Waals surface area contributed by atoms with E-state index in [-0.39, 0.29) is 24.1 Å². The average molecular weight is 398 g/mol. The summed E-state index contributed by atoms with van der Waals surface area (Å²) in [4.78, 5) is 28.5. The van der Waals surface area contributed by atoms with Gasteiger partial charge in [0.1, 0.15) is 5.70 Å². The normalized spacial score (nSPS) is 20.3. The number of nitrogens with one attached hydrogen (secondary N) is 1. The van der Waals surface area contributed by atoms with Gasteiger partial charge in [-0.25, -0.2) is 0 Å². The van der Waals surface area contributed by atoms with Crippen molar-refractivity contribution in [3.63, 3.8) is 0 Å². The molecule has 0 saturated carbocycles. The fraction of sp³-hybridized carbons (Fsp3) is 0.120. The Kier molecular flexibility index (Phi) is 5.46. The zero-order valence-electron chi connectivity index (χ0n) is 16.6. The van der Waals surface area contributed by atoms with E-state index in [1.807, 2.05) is 78.9 Å². The molecule has 1 atom stereocenters. The van der Waals surface area contributed by atoms with Crippen LogP contribution < -0.4 is 5.32 Å². The second kappa shape index (κ2) is 8.35. The molecular weight excluding hydrogens is 376 g/mol. The number of methoxy groups -OCH3 is 1. The van der Waals surface area contributed by atoms with Crippen LogP contribution in [0.1, 0.15) is 16.7 Å². The summed E-state index contributed by atoms with van der Waals surface area (Å²) in [7, 11) is 1.43. The van der Waals surface area contributed by atoms with E-state index in [9.17, 15) is 9.59 Å². The smallest absolute Gasteiger partial charge is 0.285 e. The molecule has 5 nitrogen and oxygen atoms in total. The molecule has 5 heteroatoms. The number of rotatable bonds is 5. The molecule has 30 heavy (non-hydrogen) atoms. The van der Waals surface area contributed by atoms with Gasteiger partial charge in [0.25, 0.3) is 11.8 Å². The Bertz CT molecular complexity index is 1070. The zero-order chi connectivity index (χ0) is 21.0. The Hall–Kier alpha value is -3.70. The van der Waals surface area contributed by atoms with Gasteiger partial charge in [0.05, 0.1) is 6.54 Å². The first-order valence-electron chi connectivity index (χ1n) is 9.70. The van der Waals surface area contributed by atoms with Crippen LogP contribution in [-0.4, -0.2) is 23.8 Å². The Morgan fingerprint density at radius 3 is 2.03 bits per heavy atom. The van der Waals surface area contributed by atoms with Crippen LogP contribution in [0.2, 0.25) is 0 Å². The van der Waals surface area contributed by atoms with Crippen molar-refractivity contribution in [3.05, 3.63) is 113 Å². The predicted molar refractivity (Wildman–Crippen MR) is 115 cm³/mol. The number of carbonyl (C=O) groups excluding carboxylic acids is 2. The van der Waals surface area contributed by atoms with Gasteiger partial charge in [0.2, 0.25) is 5.72 Å². The highest BCUT2D eigenvalue weighted by Crippen LogP contribution is 2.32. The molecule has 0 radical (unpaired) electrons. The zero-order valence-corrected chi connectivity index (χ0v) is 16.6. The van der Waals surface area contributed by atoms with Gasteiger partial charge in [-0.1, -0.05) is 91.0 Å². The lowest BCUT2D eigenvalue weighted by molar-refractivity contribution is -0.170. The molecule has 0 aliphatic carbocycles. The molecule has 1 unspecified atom stereocenters. The SMILES string of the molecule is COC1(c2ccccc2)NC(=O)/C(=C\c2ccccc2)N(Cc2ccccc2)C1=O. The van der Waals surface area contributed by atoms with Crippen LogP contribution in [0.5, 0.6) is 0 Å². The van der Waals surface area contributed by atoms with Gasteiger partial charge >= 0.3 is 0 Å². The lowest BCUT2D eigenvalue weighted by Gasteiger charge is -2.42. The van der Waals surface area contributed by atoms with Crippen molar-refractivity contribution in [3.8, 4) is 0 Å². The van der Waals surface area contributed by atoms with Gasteiger partial charge in [0.15, 0.2) is 0 Å². The Balaban J connectivity index is 1.82. The third-order valence-electron chi connectivity index (χ3n) is 5.13. The van der Waals surface area contributed by atoms with Crippen molar-refractivity contribution in [1.82, 2.24) is 10.2 Å². The van der Waals surface area contributed by atoms with E-state index in [2.05, 4.69) is 5.32 Å². The van der Waals surface area contributed by atoms with E-state index >= 15 is 0 Å². The molecular formula is C25H22N2O3. The van der Waals surface area contributed by atoms with E-state index in [0.29, 0.717) is 5.56 Å². The highest BCUT2D eigenvalue weighted by atomic mass is 16.5. The highest BCUT2D eigenvalue weighted by molar-refractivity contribution is 6.08. The molecule has 0 spiro atoms. The van der Waals surface area contributed by atoms with Crippen molar-refractivity contribution in [2.45, 2.75) is 12.3 Å². The van der Waals surface area contributed by atoms with Crippen LogP contribution in [0.15, 0.2) is 96.7 Å². The first kappa shape index (κ1) is 19.6. The lowest BCUT2D eigenvalue weighted by Crippen LogP contribution is -2.64. The molecule has 0 bridgehead atoms. The molecule has 1 heterocycles. The first-order chi connectivity index (χ1) is 14.6. The summed E-state index contributed by atoms with van der Waals surface area (Å²) in [5, 5.41) is 2.81. The lowest BCUT2D eigenvalue weighted by atomic mass is 9.96. The summed E-state index contributed by atoms with van der Waals surface area (Å²) >= 11 is 0. The number of piperazine rings is 1. The van der Waals surface area contributed by atoms with E-state index in [1.54, 1.807) is 18.2 Å². The Labute approximate surface area is 175 Å². The first-order valence-corrected chi connectivity index (χ1v) is 9.70. The molecule has 3 aromatic rings. The molecule has 1 fully saturated rings. The van der Waals surface area contributed by atoms with E-state index in [1.165, 1.54) is 12.0 Å². The van der Waals surface area contributed by atoms with Gasteiger partial charge in [-0.2, -0.15) is 0 Å². The van der Waals surface area contributed by atoms with Crippen molar-refractivity contribution in [2.75, 3.05) is 7.11 Å². The maximum atomic E-state index is 13.8. The minimum absolute atomic E-state index is 0.254. The quantitative estimate of drug-likeness (QED) is 0.667. The van der Waals surface area contributed by atoms with Crippen LogP contribution in [0.25, 0.3) is 6.08 Å². The Morgan fingerprint density at radius 2 is 1.43 bits per heavy atom. The fourth-order valence-electron chi connectivity index (χ4n) is 3.60. The summed E-state index contributed by atoms with van der Waals surface area (Å²) in [5.74, 6) is -0.720. The van der Waals surface area contributed by atoms with E-state index < -0.39 is 5.72 Å². The van der Waals surface area contributed by atoms with Crippen LogP contribution in [0.4, 0.5) is 0 Å². The molecule has 1 aliphatic rings. The third-order valence-corrected chi connectivity index (χ3v) is 5.13. The maximum absolute atomic E-state index is 13.8. The van der Waals surface area contributed by atoms with Crippen LogP contribution in [0, 0.1) is 0 Å². The topological polar surface area (TPSA) is 58.6 Å². The molecule has 4 rings (SSSR count). The van der Waals surface area contributed by atoms with Crippen LogP contribution >= 0.6 is 0 Å². The van der Waals surface area contributed by atoms with E-state index in [0.717, 1.165) is 11.1 Å². The number of benzene rings is 3. The summed E-state index contributed by atoms with van der Waals surface area (Å²) in [6.45, 7) is 0.254. The molecule has 1 N–H and O–H groups in total. The maximum Gasteiger partial charge on any atom is 0.285 e. The largest absolute Gasteiger partial charge is 0.347 e. The molecule has 150 valence electrons. The van der Waals surface area contributed by atoms with Crippen molar-refractivity contribution in [1.29, 1.82) is 0 Å². The minimum atomic E-state index is -1.58. The molecule has 0 aromatic heterocycles. The third kappa shape index (κ3) is 3.63. The Morgan fingerprint density at radius 1 is 0.867 bits per heavy atom. The van der Waals surface area contributed by atoms with Gasteiger partial charge in [0, 0.05) is 12.7 Å². The minimum Gasteiger partial charge on any atom is -0.347 e. The van der Waals surface area contributed by atoms with Gasteiger partial charge in [-0.3, -0.25) is 14.5 Å². The average Bonchev–Trinajstić information content (AvgIpc) is 2.80. The number of hydrogen-bond acceptors (Lipinski definition) is 3. The van der Waals surface area contributed by atoms with Crippen molar-refractivity contribution in [2.24, 2.45) is 0 Å². The second-order valence-corrected chi connectivity index (χ2v) is 7.02. The summed E-state index contributed by atoms with van der Waals surface area (Å²) in [6, 6.07) is 28.1. The number of nitrogens with zero attached hydrogens (tertiary/aromatic N) is 1. The fourth-order valence-corrected chi connectivity index (χ4v) is 3.60. The van der Waals surface area contributed by atoms with Crippen LogP contribution in [0.3, 0.4) is 0 Å². The number of ether oxygens (including phenoxy) is 1. The van der Waals surface area contributed by atoms with Crippen molar-refractivity contribution < 1.29 is 14.3 Å². The van der Waals surface area contributed by atoms with Crippen molar-refractivity contribution >= 4 is 17.9 Å². The summed E-state index contributed by atoms with van der Waals surface area (Å²) in [6.07, 6.45) is 1.72. The molecule has 1 aliphatic heterocycles. The van der Waals surface area contributed by atoms with Gasteiger partial charge in [-0.05, 0) is 17.2 Å². The van der Waals surface area contributed by atoms with Gasteiger partial charge in [-0.15, -0.1) is 0 Å².